The van der Waals surface area contributed by atoms with E-state index >= 15 is 0 Å². The highest BCUT2D eigenvalue weighted by molar-refractivity contribution is 9.11. The topological polar surface area (TPSA) is 59.1 Å². The molecule has 0 saturated heterocycles. The summed E-state index contributed by atoms with van der Waals surface area (Å²) in [6.45, 7) is 0. The van der Waals surface area contributed by atoms with E-state index in [9.17, 15) is 8.42 Å². The normalized spacial score (nSPS) is 16.9. The number of thiazole rings is 1. The predicted octanol–water partition coefficient (Wildman–Crippen LogP) is 2.06. The SMILES string of the molecule is O=S(=O)(CC1CC1)Nc1ncc(Br)s1. The number of aromatic nitrogens is 1. The average Bonchev–Trinajstić information content (AvgIpc) is 2.74. The molecule has 4 nitrogen and oxygen atoms in total. The molecule has 1 aromatic rings. The van der Waals surface area contributed by atoms with E-state index in [1.54, 1.807) is 6.20 Å². The van der Waals surface area contributed by atoms with Crippen LogP contribution in [0.1, 0.15) is 12.8 Å². The maximum atomic E-state index is 11.5. The average molecular weight is 297 g/mol. The quantitative estimate of drug-likeness (QED) is 0.925. The Hall–Kier alpha value is -0.140. The van der Waals surface area contributed by atoms with Gasteiger partial charge in [0.25, 0.3) is 0 Å². The highest BCUT2D eigenvalue weighted by Crippen LogP contribution is 2.31. The molecule has 78 valence electrons. The van der Waals surface area contributed by atoms with E-state index in [1.807, 2.05) is 0 Å². The summed E-state index contributed by atoms with van der Waals surface area (Å²) < 4.78 is 26.3. The van der Waals surface area contributed by atoms with E-state index in [1.165, 1.54) is 11.3 Å². The third-order valence-corrected chi connectivity index (χ3v) is 4.81. The van der Waals surface area contributed by atoms with Crippen LogP contribution in [0.2, 0.25) is 0 Å². The Kier molecular flexibility index (Phi) is 2.81. The molecule has 7 heteroatoms. The Morgan fingerprint density at radius 1 is 1.64 bits per heavy atom. The Bertz CT molecular complexity index is 425. The predicted molar refractivity (Wildman–Crippen MR) is 59.9 cm³/mol. The van der Waals surface area contributed by atoms with Crippen LogP contribution in [0.25, 0.3) is 0 Å². The van der Waals surface area contributed by atoms with Crippen LogP contribution in [0.5, 0.6) is 0 Å². The zero-order valence-electron chi connectivity index (χ0n) is 7.23. The summed E-state index contributed by atoms with van der Waals surface area (Å²) >= 11 is 4.50. The van der Waals surface area contributed by atoms with E-state index in [-0.39, 0.29) is 5.75 Å². The highest BCUT2D eigenvalue weighted by Gasteiger charge is 2.28. The number of nitrogens with one attached hydrogen (secondary N) is 1. The lowest BCUT2D eigenvalue weighted by Crippen LogP contribution is -2.17. The maximum Gasteiger partial charge on any atom is 0.234 e. The van der Waals surface area contributed by atoms with E-state index in [0.29, 0.717) is 11.0 Å². The molecule has 0 bridgehead atoms. The van der Waals surface area contributed by atoms with Gasteiger partial charge >= 0.3 is 0 Å². The molecule has 0 radical (unpaired) electrons. The van der Waals surface area contributed by atoms with Crippen LogP contribution < -0.4 is 4.72 Å². The second kappa shape index (κ2) is 3.79. The number of sulfonamides is 1. The van der Waals surface area contributed by atoms with Gasteiger partial charge < -0.3 is 0 Å². The molecule has 1 heterocycles. The van der Waals surface area contributed by atoms with Crippen molar-refractivity contribution in [3.05, 3.63) is 9.98 Å². The smallest absolute Gasteiger partial charge is 0.234 e. The number of anilines is 1. The molecule has 0 amide bonds. The van der Waals surface area contributed by atoms with Crippen LogP contribution in [-0.2, 0) is 10.0 Å². The number of halogens is 1. The van der Waals surface area contributed by atoms with Gasteiger partial charge in [0.2, 0.25) is 10.0 Å². The number of rotatable bonds is 4. The lowest BCUT2D eigenvalue weighted by Gasteiger charge is -2.02. The molecule has 1 fully saturated rings. The van der Waals surface area contributed by atoms with Crippen molar-refractivity contribution in [2.45, 2.75) is 12.8 Å². The standard InChI is InChI=1S/C7H9BrN2O2S2/c8-6-3-9-7(13-6)10-14(11,12)4-5-1-2-5/h3,5H,1-2,4H2,(H,9,10). The molecule has 1 N–H and O–H groups in total. The van der Waals surface area contributed by atoms with Crippen molar-refractivity contribution < 1.29 is 8.42 Å². The van der Waals surface area contributed by atoms with Gasteiger partial charge in [-0.25, -0.2) is 13.4 Å². The van der Waals surface area contributed by atoms with Crippen molar-refractivity contribution in [2.75, 3.05) is 10.5 Å². The van der Waals surface area contributed by atoms with Gasteiger partial charge in [-0.3, -0.25) is 4.72 Å². The zero-order chi connectivity index (χ0) is 10.2. The van der Waals surface area contributed by atoms with Crippen molar-refractivity contribution in [1.29, 1.82) is 0 Å². The van der Waals surface area contributed by atoms with Crippen LogP contribution in [0.15, 0.2) is 9.98 Å². The van der Waals surface area contributed by atoms with Crippen molar-refractivity contribution >= 4 is 42.4 Å². The van der Waals surface area contributed by atoms with Crippen LogP contribution in [0, 0.1) is 5.92 Å². The Morgan fingerprint density at radius 2 is 2.36 bits per heavy atom. The van der Waals surface area contributed by atoms with Gasteiger partial charge in [0, 0.05) is 0 Å². The van der Waals surface area contributed by atoms with Gasteiger partial charge in [-0.2, -0.15) is 0 Å². The fraction of sp³-hybridized carbons (Fsp3) is 0.571. The van der Waals surface area contributed by atoms with Crippen LogP contribution in [0.4, 0.5) is 5.13 Å². The molecule has 14 heavy (non-hydrogen) atoms. The number of hydrogen-bond donors (Lipinski definition) is 1. The summed E-state index contributed by atoms with van der Waals surface area (Å²) in [5, 5.41) is 0.428. The molecule has 0 aromatic carbocycles. The Balaban J connectivity index is 2.01. The third-order valence-electron chi connectivity index (χ3n) is 1.87. The Morgan fingerprint density at radius 3 is 2.86 bits per heavy atom. The van der Waals surface area contributed by atoms with Gasteiger partial charge in [0.05, 0.1) is 15.7 Å². The van der Waals surface area contributed by atoms with E-state index in [2.05, 4.69) is 25.6 Å². The molecular weight excluding hydrogens is 288 g/mol. The molecule has 1 aliphatic carbocycles. The maximum absolute atomic E-state index is 11.5. The Labute approximate surface area is 94.9 Å². The van der Waals surface area contributed by atoms with Crippen LogP contribution in [0.3, 0.4) is 0 Å². The van der Waals surface area contributed by atoms with Crippen molar-refractivity contribution in [3.63, 3.8) is 0 Å². The molecular formula is C7H9BrN2O2S2. The fourth-order valence-corrected chi connectivity index (χ4v) is 3.93. The summed E-state index contributed by atoms with van der Waals surface area (Å²) in [5.41, 5.74) is 0. The summed E-state index contributed by atoms with van der Waals surface area (Å²) in [6, 6.07) is 0. The summed E-state index contributed by atoms with van der Waals surface area (Å²) in [5.74, 6) is 0.584. The van der Waals surface area contributed by atoms with Crippen molar-refractivity contribution in [3.8, 4) is 0 Å². The van der Waals surface area contributed by atoms with Crippen LogP contribution in [-0.4, -0.2) is 19.2 Å². The molecule has 0 atom stereocenters. The first-order valence-corrected chi connectivity index (χ1v) is 7.43. The molecule has 0 unspecified atom stereocenters. The second-order valence-electron chi connectivity index (χ2n) is 3.30. The van der Waals surface area contributed by atoms with Gasteiger partial charge in [0.1, 0.15) is 0 Å². The first-order valence-electron chi connectivity index (χ1n) is 4.17. The molecule has 0 aliphatic heterocycles. The lowest BCUT2D eigenvalue weighted by atomic mass is 10.5. The van der Waals surface area contributed by atoms with E-state index in [0.717, 1.165) is 16.6 Å². The minimum atomic E-state index is -3.18. The van der Waals surface area contributed by atoms with Gasteiger partial charge in [-0.1, -0.05) is 11.3 Å². The minimum Gasteiger partial charge on any atom is -0.259 e. The van der Waals surface area contributed by atoms with Crippen molar-refractivity contribution in [1.82, 2.24) is 4.98 Å². The van der Waals surface area contributed by atoms with Gasteiger partial charge in [-0.15, -0.1) is 0 Å². The molecule has 0 spiro atoms. The minimum absolute atomic E-state index is 0.226. The highest BCUT2D eigenvalue weighted by atomic mass is 79.9. The summed E-state index contributed by atoms with van der Waals surface area (Å²) in [4.78, 5) is 3.91. The molecule has 1 aliphatic rings. The molecule has 2 rings (SSSR count). The number of nitrogens with zero attached hydrogens (tertiary/aromatic N) is 1. The monoisotopic (exact) mass is 296 g/mol. The number of hydrogen-bond acceptors (Lipinski definition) is 4. The largest absolute Gasteiger partial charge is 0.259 e. The van der Waals surface area contributed by atoms with Gasteiger partial charge in [0.15, 0.2) is 5.13 Å². The summed E-state index contributed by atoms with van der Waals surface area (Å²) in [6.07, 6.45) is 3.64. The summed E-state index contributed by atoms with van der Waals surface area (Å²) in [7, 11) is -3.18. The fourth-order valence-electron chi connectivity index (χ4n) is 1.07. The van der Waals surface area contributed by atoms with Crippen molar-refractivity contribution in [2.24, 2.45) is 5.92 Å². The second-order valence-corrected chi connectivity index (χ2v) is 7.47. The van der Waals surface area contributed by atoms with Crippen LogP contribution >= 0.6 is 27.3 Å². The molecule has 1 saturated carbocycles. The van der Waals surface area contributed by atoms with E-state index < -0.39 is 10.0 Å². The van der Waals surface area contributed by atoms with Gasteiger partial charge in [-0.05, 0) is 34.7 Å². The first-order chi connectivity index (χ1) is 6.55. The zero-order valence-corrected chi connectivity index (χ0v) is 10.5. The first kappa shape index (κ1) is 10.4. The third kappa shape index (κ3) is 2.93. The lowest BCUT2D eigenvalue weighted by molar-refractivity contribution is 0.597. The van der Waals surface area contributed by atoms with E-state index in [4.69, 9.17) is 0 Å². The molecule has 1 aromatic heterocycles.